The van der Waals surface area contributed by atoms with Crippen molar-refractivity contribution < 1.29 is 9.53 Å². The number of carbonyl (C=O) groups is 1. The monoisotopic (exact) mass is 357 g/mol. The molecule has 130 valence electrons. The van der Waals surface area contributed by atoms with Crippen LogP contribution in [0.15, 0.2) is 29.3 Å². The molecule has 0 bridgehead atoms. The Balaban J connectivity index is 2.30. The van der Waals surface area contributed by atoms with Gasteiger partial charge >= 0.3 is 0 Å². The van der Waals surface area contributed by atoms with Crippen LogP contribution in [-0.4, -0.2) is 22.6 Å². The highest BCUT2D eigenvalue weighted by atomic mass is 32.1. The number of thiophene rings is 1. The van der Waals surface area contributed by atoms with Crippen molar-refractivity contribution in [1.82, 2.24) is 9.55 Å². The molecule has 25 heavy (non-hydrogen) atoms. The average molecular weight is 357 g/mol. The molecule has 0 saturated carbocycles. The van der Waals surface area contributed by atoms with Gasteiger partial charge in [-0.3, -0.25) is 14.2 Å². The lowest BCUT2D eigenvalue weighted by Crippen LogP contribution is -2.32. The Morgan fingerprint density at radius 3 is 2.68 bits per heavy atom. The fourth-order valence-corrected chi connectivity index (χ4v) is 3.91. The van der Waals surface area contributed by atoms with E-state index in [-0.39, 0.29) is 5.56 Å². The maximum Gasteiger partial charge on any atom is 0.263 e. The van der Waals surface area contributed by atoms with E-state index in [2.05, 4.69) is 4.98 Å². The second-order valence-corrected chi connectivity index (χ2v) is 7.14. The first-order valence-corrected chi connectivity index (χ1v) is 8.61. The third-order valence-electron chi connectivity index (χ3n) is 4.33. The van der Waals surface area contributed by atoms with Crippen molar-refractivity contribution in [1.29, 1.82) is 0 Å². The predicted molar refractivity (Wildman–Crippen MR) is 99.2 cm³/mol. The van der Waals surface area contributed by atoms with Gasteiger partial charge in [-0.2, -0.15) is 0 Å². The topological polar surface area (TPSA) is 87.2 Å². The summed E-state index contributed by atoms with van der Waals surface area (Å²) < 4.78 is 6.60. The van der Waals surface area contributed by atoms with Crippen LogP contribution in [-0.2, 0) is 4.79 Å². The fraction of sp³-hybridized carbons (Fsp3) is 0.278. The first-order chi connectivity index (χ1) is 11.8. The van der Waals surface area contributed by atoms with Crippen LogP contribution in [0.1, 0.15) is 23.4 Å². The van der Waals surface area contributed by atoms with E-state index in [1.807, 2.05) is 32.0 Å². The van der Waals surface area contributed by atoms with Gasteiger partial charge in [0.15, 0.2) is 0 Å². The summed E-state index contributed by atoms with van der Waals surface area (Å²) >= 11 is 1.46. The van der Waals surface area contributed by atoms with Crippen LogP contribution in [0, 0.1) is 13.8 Å². The minimum absolute atomic E-state index is 0.260. The maximum absolute atomic E-state index is 13.0. The lowest BCUT2D eigenvalue weighted by atomic mass is 10.0. The summed E-state index contributed by atoms with van der Waals surface area (Å²) in [5.41, 5.74) is 7.83. The van der Waals surface area contributed by atoms with E-state index < -0.39 is 11.9 Å². The number of ether oxygens (including phenoxy) is 1. The summed E-state index contributed by atoms with van der Waals surface area (Å²) in [5, 5.41) is 0.516. The molecule has 3 rings (SSSR count). The highest BCUT2D eigenvalue weighted by Gasteiger charge is 2.20. The number of hydrogen-bond acceptors (Lipinski definition) is 5. The summed E-state index contributed by atoms with van der Waals surface area (Å²) in [7, 11) is 1.63. The lowest BCUT2D eigenvalue weighted by Gasteiger charge is -2.11. The smallest absolute Gasteiger partial charge is 0.263 e. The predicted octanol–water partition coefficient (Wildman–Crippen LogP) is 2.80. The number of methoxy groups -OCH3 is 1. The summed E-state index contributed by atoms with van der Waals surface area (Å²) in [6, 6.07) is 5.04. The lowest BCUT2D eigenvalue weighted by molar-refractivity contribution is -0.120. The van der Waals surface area contributed by atoms with Gasteiger partial charge in [-0.05, 0) is 44.0 Å². The SMILES string of the molecule is COc1ccc(-c2c(C)sc3ncn(C(C)C(N)=O)c(=O)c23)cc1C. The van der Waals surface area contributed by atoms with Gasteiger partial charge in [0.1, 0.15) is 16.6 Å². The summed E-state index contributed by atoms with van der Waals surface area (Å²) in [4.78, 5) is 30.5. The fourth-order valence-electron chi connectivity index (χ4n) is 2.91. The van der Waals surface area contributed by atoms with Crippen molar-refractivity contribution in [2.24, 2.45) is 5.73 Å². The third-order valence-corrected chi connectivity index (χ3v) is 5.34. The third kappa shape index (κ3) is 2.80. The van der Waals surface area contributed by atoms with Crippen molar-refractivity contribution >= 4 is 27.5 Å². The molecule has 0 aliphatic rings. The Morgan fingerprint density at radius 2 is 2.08 bits per heavy atom. The number of aromatic nitrogens is 2. The molecule has 6 nitrogen and oxygen atoms in total. The average Bonchev–Trinajstić information content (AvgIpc) is 2.91. The van der Waals surface area contributed by atoms with Crippen molar-refractivity contribution in [2.75, 3.05) is 7.11 Å². The van der Waals surface area contributed by atoms with E-state index in [0.717, 1.165) is 27.3 Å². The Morgan fingerprint density at radius 1 is 1.36 bits per heavy atom. The van der Waals surface area contributed by atoms with Crippen molar-refractivity contribution in [3.63, 3.8) is 0 Å². The highest BCUT2D eigenvalue weighted by Crippen LogP contribution is 2.37. The first kappa shape index (κ1) is 17.2. The molecule has 2 aromatic heterocycles. The molecule has 7 heteroatoms. The molecule has 0 fully saturated rings. The van der Waals surface area contributed by atoms with Crippen LogP contribution in [0.2, 0.25) is 0 Å². The molecular weight excluding hydrogens is 338 g/mol. The Labute approximate surface area is 148 Å². The second-order valence-electron chi connectivity index (χ2n) is 5.93. The standard InChI is InChI=1S/C18H19N3O3S/c1-9-7-12(5-6-13(9)24-4)14-11(3)25-17-15(14)18(23)21(8-20-17)10(2)16(19)22/h5-8,10H,1-4H3,(H2,19,22). The number of carbonyl (C=O) groups excluding carboxylic acids is 1. The number of primary amides is 1. The van der Waals surface area contributed by atoms with E-state index in [0.29, 0.717) is 10.2 Å². The van der Waals surface area contributed by atoms with E-state index in [4.69, 9.17) is 10.5 Å². The number of rotatable bonds is 4. The largest absolute Gasteiger partial charge is 0.496 e. The van der Waals surface area contributed by atoms with Crippen molar-refractivity contribution in [3.8, 4) is 16.9 Å². The zero-order chi connectivity index (χ0) is 18.3. The van der Waals surface area contributed by atoms with Crippen LogP contribution >= 0.6 is 11.3 Å². The van der Waals surface area contributed by atoms with Gasteiger partial charge in [0.05, 0.1) is 18.8 Å². The van der Waals surface area contributed by atoms with Gasteiger partial charge in [-0.1, -0.05) is 6.07 Å². The Hall–Kier alpha value is -2.67. The molecule has 2 N–H and O–H groups in total. The van der Waals surface area contributed by atoms with Crippen LogP contribution in [0.3, 0.4) is 0 Å². The molecular formula is C18H19N3O3S. The minimum atomic E-state index is -0.755. The van der Waals surface area contributed by atoms with Crippen LogP contribution in [0.4, 0.5) is 0 Å². The summed E-state index contributed by atoms with van der Waals surface area (Å²) in [6.45, 7) is 5.51. The molecule has 0 saturated heterocycles. The highest BCUT2D eigenvalue weighted by molar-refractivity contribution is 7.19. The van der Waals surface area contributed by atoms with E-state index in [1.54, 1.807) is 14.0 Å². The van der Waals surface area contributed by atoms with Crippen LogP contribution in [0.5, 0.6) is 5.75 Å². The van der Waals surface area contributed by atoms with Gasteiger partial charge in [0.25, 0.3) is 5.56 Å². The Kier molecular flexibility index (Phi) is 4.34. The van der Waals surface area contributed by atoms with E-state index in [9.17, 15) is 9.59 Å². The number of benzene rings is 1. The van der Waals surface area contributed by atoms with Crippen LogP contribution < -0.4 is 16.0 Å². The minimum Gasteiger partial charge on any atom is -0.496 e. The molecule has 2 heterocycles. The molecule has 0 radical (unpaired) electrons. The molecule has 1 unspecified atom stereocenters. The van der Waals surface area contributed by atoms with Gasteiger partial charge in [-0.15, -0.1) is 11.3 Å². The summed E-state index contributed by atoms with van der Waals surface area (Å²) in [6.07, 6.45) is 1.39. The second kappa shape index (κ2) is 6.33. The normalized spacial score (nSPS) is 12.3. The van der Waals surface area contributed by atoms with E-state index in [1.165, 1.54) is 22.2 Å². The molecule has 1 atom stereocenters. The van der Waals surface area contributed by atoms with Gasteiger partial charge in [0.2, 0.25) is 5.91 Å². The number of hydrogen-bond donors (Lipinski definition) is 1. The zero-order valence-corrected chi connectivity index (χ0v) is 15.3. The summed E-state index contributed by atoms with van der Waals surface area (Å²) in [5.74, 6) is 0.218. The maximum atomic E-state index is 13.0. The molecule has 1 amide bonds. The van der Waals surface area contributed by atoms with Gasteiger partial charge in [-0.25, -0.2) is 4.98 Å². The molecule has 3 aromatic rings. The van der Waals surface area contributed by atoms with Crippen LogP contribution in [0.25, 0.3) is 21.3 Å². The van der Waals surface area contributed by atoms with E-state index >= 15 is 0 Å². The number of fused-ring (bicyclic) bond motifs is 1. The Bertz CT molecular complexity index is 1040. The van der Waals surface area contributed by atoms with Gasteiger partial charge < -0.3 is 10.5 Å². The quantitative estimate of drug-likeness (QED) is 0.778. The van der Waals surface area contributed by atoms with Crippen molar-refractivity contribution in [2.45, 2.75) is 26.8 Å². The van der Waals surface area contributed by atoms with Gasteiger partial charge in [0, 0.05) is 10.4 Å². The molecule has 0 spiro atoms. The first-order valence-electron chi connectivity index (χ1n) is 7.79. The zero-order valence-electron chi connectivity index (χ0n) is 14.5. The molecule has 0 aliphatic heterocycles. The number of amides is 1. The molecule has 0 aliphatic carbocycles. The number of aryl methyl sites for hydroxylation is 2. The number of nitrogens with zero attached hydrogens (tertiary/aromatic N) is 2. The number of nitrogens with two attached hydrogens (primary N) is 1. The molecule has 1 aromatic carbocycles. The van der Waals surface area contributed by atoms with Crippen molar-refractivity contribution in [3.05, 3.63) is 45.3 Å².